The van der Waals surface area contributed by atoms with E-state index in [0.717, 1.165) is 31.9 Å². The Bertz CT molecular complexity index is 1130. The summed E-state index contributed by atoms with van der Waals surface area (Å²) >= 11 is 7.94. The highest BCUT2D eigenvalue weighted by Gasteiger charge is 2.12. The minimum Gasteiger partial charge on any atom is -0.321 e. The Hall–Kier alpha value is -2.69. The largest absolute Gasteiger partial charge is 0.321 e. The first-order valence-corrected chi connectivity index (χ1v) is 9.75. The summed E-state index contributed by atoms with van der Waals surface area (Å²) in [5, 5.41) is 4.32. The number of halogens is 1. The lowest BCUT2D eigenvalue weighted by atomic mass is 10.1. The lowest BCUT2D eigenvalue weighted by molar-refractivity contribution is 0.102. The number of anilines is 1. The minimum atomic E-state index is -0.179. The smallest absolute Gasteiger partial charge is 0.255 e. The molecule has 0 aliphatic rings. The number of amides is 1. The second-order valence-electron chi connectivity index (χ2n) is 6.43. The van der Waals surface area contributed by atoms with Crippen molar-refractivity contribution in [2.75, 3.05) is 5.32 Å². The molecule has 1 amide bonds. The molecule has 0 fully saturated rings. The van der Waals surface area contributed by atoms with E-state index in [4.69, 9.17) is 11.6 Å². The molecule has 0 aliphatic carbocycles. The van der Waals surface area contributed by atoms with Gasteiger partial charge >= 0.3 is 0 Å². The van der Waals surface area contributed by atoms with Gasteiger partial charge in [-0.05, 0) is 61.4 Å². The monoisotopic (exact) mass is 392 g/mol. The van der Waals surface area contributed by atoms with Gasteiger partial charge in [0, 0.05) is 11.1 Å². The second-order valence-corrected chi connectivity index (χ2v) is 7.87. The lowest BCUT2D eigenvalue weighted by Crippen LogP contribution is -2.12. The number of nitrogens with one attached hydrogen (secondary N) is 1. The molecule has 0 saturated carbocycles. The van der Waals surface area contributed by atoms with Crippen molar-refractivity contribution in [3.8, 4) is 10.6 Å². The van der Waals surface area contributed by atoms with Gasteiger partial charge in [0.2, 0.25) is 0 Å². The molecule has 27 heavy (non-hydrogen) atoms. The van der Waals surface area contributed by atoms with Crippen molar-refractivity contribution < 1.29 is 4.79 Å². The molecule has 5 heteroatoms. The highest BCUT2D eigenvalue weighted by Crippen LogP contribution is 2.34. The van der Waals surface area contributed by atoms with E-state index < -0.39 is 0 Å². The highest BCUT2D eigenvalue weighted by atomic mass is 35.5. The molecule has 1 heterocycles. The van der Waals surface area contributed by atoms with Crippen LogP contribution in [0.1, 0.15) is 21.5 Å². The first kappa shape index (κ1) is 17.7. The molecular formula is C22H17ClN2OS. The Labute approximate surface area is 166 Å². The third-order valence-electron chi connectivity index (χ3n) is 4.52. The molecule has 0 radical (unpaired) electrons. The minimum absolute atomic E-state index is 0.179. The number of hydrogen-bond donors (Lipinski definition) is 1. The van der Waals surface area contributed by atoms with Gasteiger partial charge in [0.25, 0.3) is 5.91 Å². The predicted molar refractivity (Wildman–Crippen MR) is 114 cm³/mol. The van der Waals surface area contributed by atoms with Crippen LogP contribution >= 0.6 is 22.9 Å². The number of aryl methyl sites for hydroxylation is 2. The Morgan fingerprint density at radius 2 is 1.81 bits per heavy atom. The molecule has 0 bridgehead atoms. The van der Waals surface area contributed by atoms with Crippen molar-refractivity contribution in [2.45, 2.75) is 13.8 Å². The molecule has 1 N–H and O–H groups in total. The highest BCUT2D eigenvalue weighted by molar-refractivity contribution is 7.21. The predicted octanol–water partition coefficient (Wildman–Crippen LogP) is 6.49. The van der Waals surface area contributed by atoms with E-state index in [0.29, 0.717) is 16.3 Å². The summed E-state index contributed by atoms with van der Waals surface area (Å²) < 4.78 is 1.13. The summed E-state index contributed by atoms with van der Waals surface area (Å²) in [6.45, 7) is 4.02. The van der Waals surface area contributed by atoms with E-state index in [2.05, 4.69) is 16.4 Å². The zero-order chi connectivity index (χ0) is 19.0. The number of fused-ring (bicyclic) bond motifs is 1. The standard InChI is InChI=1S/C22H17ClN2OS/c1-13-7-8-15(11-14(13)2)21(26)24-19-12-16(9-10-17(19)23)22-25-18-5-3-4-6-20(18)27-22/h3-12H,1-2H3,(H,24,26). The average Bonchev–Trinajstić information content (AvgIpc) is 3.10. The van der Waals surface area contributed by atoms with Gasteiger partial charge in [0.1, 0.15) is 5.01 Å². The molecule has 4 aromatic rings. The van der Waals surface area contributed by atoms with Crippen molar-refractivity contribution in [1.29, 1.82) is 0 Å². The van der Waals surface area contributed by atoms with Gasteiger partial charge in [-0.25, -0.2) is 4.98 Å². The molecule has 3 nitrogen and oxygen atoms in total. The third-order valence-corrected chi connectivity index (χ3v) is 5.94. The maximum Gasteiger partial charge on any atom is 0.255 e. The number of carbonyl (C=O) groups excluding carboxylic acids is 1. The fourth-order valence-electron chi connectivity index (χ4n) is 2.83. The summed E-state index contributed by atoms with van der Waals surface area (Å²) in [6.07, 6.45) is 0. The van der Waals surface area contributed by atoms with Crippen molar-refractivity contribution in [3.05, 3.63) is 82.4 Å². The molecule has 4 rings (SSSR count). The third kappa shape index (κ3) is 3.59. The average molecular weight is 393 g/mol. The van der Waals surface area contributed by atoms with Gasteiger partial charge in [-0.2, -0.15) is 0 Å². The van der Waals surface area contributed by atoms with Crippen LogP contribution in [0, 0.1) is 13.8 Å². The summed E-state index contributed by atoms with van der Waals surface area (Å²) in [6, 6.07) is 19.3. The number of aromatic nitrogens is 1. The van der Waals surface area contributed by atoms with Gasteiger partial charge in [-0.3, -0.25) is 4.79 Å². The fraction of sp³-hybridized carbons (Fsp3) is 0.0909. The molecule has 0 spiro atoms. The van der Waals surface area contributed by atoms with Gasteiger partial charge in [0.05, 0.1) is 20.9 Å². The van der Waals surface area contributed by atoms with Gasteiger partial charge in [-0.15, -0.1) is 11.3 Å². The second kappa shape index (κ2) is 7.14. The Morgan fingerprint density at radius 1 is 1.00 bits per heavy atom. The van der Waals surface area contributed by atoms with Crippen LogP contribution in [-0.4, -0.2) is 10.9 Å². The van der Waals surface area contributed by atoms with Crippen LogP contribution in [0.2, 0.25) is 5.02 Å². The van der Waals surface area contributed by atoms with E-state index in [1.807, 2.05) is 62.4 Å². The first-order valence-electron chi connectivity index (χ1n) is 8.55. The van der Waals surface area contributed by atoms with E-state index in [1.165, 1.54) is 0 Å². The summed E-state index contributed by atoms with van der Waals surface area (Å²) in [7, 11) is 0. The number of benzene rings is 3. The molecule has 3 aromatic carbocycles. The normalized spacial score (nSPS) is 10.9. The molecular weight excluding hydrogens is 376 g/mol. The van der Waals surface area contributed by atoms with Crippen molar-refractivity contribution in [1.82, 2.24) is 4.98 Å². The number of carbonyl (C=O) groups is 1. The van der Waals surface area contributed by atoms with Crippen molar-refractivity contribution in [3.63, 3.8) is 0 Å². The number of para-hydroxylation sites is 1. The Kier molecular flexibility index (Phi) is 4.68. The number of thiazole rings is 1. The molecule has 0 saturated heterocycles. The van der Waals surface area contributed by atoms with Crippen molar-refractivity contribution in [2.24, 2.45) is 0 Å². The SMILES string of the molecule is Cc1ccc(C(=O)Nc2cc(-c3nc4ccccc4s3)ccc2Cl)cc1C. The number of rotatable bonds is 3. The van der Waals surface area contributed by atoms with Crippen LogP contribution < -0.4 is 5.32 Å². The summed E-state index contributed by atoms with van der Waals surface area (Å²) in [5.74, 6) is -0.179. The maximum atomic E-state index is 12.6. The van der Waals surface area contributed by atoms with Gasteiger partial charge in [-0.1, -0.05) is 35.9 Å². The molecule has 0 atom stereocenters. The van der Waals surface area contributed by atoms with Crippen LogP contribution in [-0.2, 0) is 0 Å². The number of nitrogens with zero attached hydrogens (tertiary/aromatic N) is 1. The number of hydrogen-bond acceptors (Lipinski definition) is 3. The van der Waals surface area contributed by atoms with Crippen LogP contribution in [0.25, 0.3) is 20.8 Å². The molecule has 134 valence electrons. The van der Waals surface area contributed by atoms with Crippen LogP contribution in [0.4, 0.5) is 5.69 Å². The topological polar surface area (TPSA) is 42.0 Å². The molecule has 0 unspecified atom stereocenters. The fourth-order valence-corrected chi connectivity index (χ4v) is 3.95. The Balaban J connectivity index is 1.66. The first-order chi connectivity index (χ1) is 13.0. The van der Waals surface area contributed by atoms with E-state index in [-0.39, 0.29) is 5.91 Å². The van der Waals surface area contributed by atoms with Crippen LogP contribution in [0.5, 0.6) is 0 Å². The lowest BCUT2D eigenvalue weighted by Gasteiger charge is -2.10. The Morgan fingerprint density at radius 3 is 2.59 bits per heavy atom. The van der Waals surface area contributed by atoms with E-state index in [9.17, 15) is 4.79 Å². The van der Waals surface area contributed by atoms with E-state index in [1.54, 1.807) is 17.4 Å². The van der Waals surface area contributed by atoms with E-state index >= 15 is 0 Å². The zero-order valence-electron chi connectivity index (χ0n) is 14.9. The summed E-state index contributed by atoms with van der Waals surface area (Å²) in [4.78, 5) is 17.3. The van der Waals surface area contributed by atoms with Crippen molar-refractivity contribution >= 4 is 44.7 Å². The maximum absolute atomic E-state index is 12.6. The summed E-state index contributed by atoms with van der Waals surface area (Å²) in [5.41, 5.74) is 5.32. The van der Waals surface area contributed by atoms with Gasteiger partial charge in [0.15, 0.2) is 0 Å². The van der Waals surface area contributed by atoms with Gasteiger partial charge < -0.3 is 5.32 Å². The van der Waals surface area contributed by atoms with Crippen LogP contribution in [0.3, 0.4) is 0 Å². The zero-order valence-corrected chi connectivity index (χ0v) is 16.5. The molecule has 1 aromatic heterocycles. The quantitative estimate of drug-likeness (QED) is 0.433. The molecule has 0 aliphatic heterocycles. The van der Waals surface area contributed by atoms with Crippen LogP contribution in [0.15, 0.2) is 60.7 Å².